The minimum Gasteiger partial charge on any atom is -0.378 e. The molecule has 0 N–H and O–H groups in total. The second kappa shape index (κ2) is 7.64. The van der Waals surface area contributed by atoms with Crippen LogP contribution in [0.2, 0.25) is 5.02 Å². The van der Waals surface area contributed by atoms with Gasteiger partial charge in [-0.25, -0.2) is 9.50 Å². The standard InChI is InChI=1S/C19H16ClF3N4O2/c20-13-3-1-12(2-4-13)15-11-16(19(21,22)23)27-17(24-15)9-14(25-27)10-18(28)26-5-7-29-8-6-26/h1-4,9,11H,5-8,10H2. The van der Waals surface area contributed by atoms with Crippen molar-refractivity contribution in [2.45, 2.75) is 12.6 Å². The van der Waals surface area contributed by atoms with Crippen LogP contribution in [0.4, 0.5) is 13.2 Å². The highest BCUT2D eigenvalue weighted by Gasteiger charge is 2.35. The zero-order chi connectivity index (χ0) is 20.6. The Bertz CT molecular complexity index is 1040. The first-order valence-corrected chi connectivity index (χ1v) is 9.27. The van der Waals surface area contributed by atoms with E-state index in [9.17, 15) is 18.0 Å². The van der Waals surface area contributed by atoms with Gasteiger partial charge in [-0.2, -0.15) is 18.3 Å². The number of aromatic nitrogens is 3. The van der Waals surface area contributed by atoms with Gasteiger partial charge in [-0.15, -0.1) is 0 Å². The predicted octanol–water partition coefficient (Wildman–Crippen LogP) is 3.47. The first-order valence-electron chi connectivity index (χ1n) is 8.89. The second-order valence-corrected chi connectivity index (χ2v) is 7.04. The monoisotopic (exact) mass is 424 g/mol. The number of morpholine rings is 1. The van der Waals surface area contributed by atoms with Gasteiger partial charge in [0.25, 0.3) is 0 Å². The summed E-state index contributed by atoms with van der Waals surface area (Å²) in [5, 5.41) is 4.47. The molecule has 1 aliphatic rings. The normalized spacial score (nSPS) is 15.1. The first kappa shape index (κ1) is 19.7. The summed E-state index contributed by atoms with van der Waals surface area (Å²) in [7, 11) is 0. The van der Waals surface area contributed by atoms with Crippen molar-refractivity contribution in [3.63, 3.8) is 0 Å². The van der Waals surface area contributed by atoms with Gasteiger partial charge >= 0.3 is 6.18 Å². The lowest BCUT2D eigenvalue weighted by atomic mass is 10.1. The first-order chi connectivity index (χ1) is 13.8. The molecule has 0 radical (unpaired) electrons. The van der Waals surface area contributed by atoms with E-state index in [2.05, 4.69) is 10.1 Å². The van der Waals surface area contributed by atoms with Gasteiger partial charge < -0.3 is 9.64 Å². The number of hydrogen-bond acceptors (Lipinski definition) is 4. The number of benzene rings is 1. The van der Waals surface area contributed by atoms with Crippen LogP contribution < -0.4 is 0 Å². The molecular weight excluding hydrogens is 409 g/mol. The van der Waals surface area contributed by atoms with Crippen LogP contribution in [-0.4, -0.2) is 51.7 Å². The van der Waals surface area contributed by atoms with Crippen molar-refractivity contribution in [1.29, 1.82) is 0 Å². The van der Waals surface area contributed by atoms with Crippen LogP contribution in [0, 0.1) is 0 Å². The van der Waals surface area contributed by atoms with E-state index in [1.165, 1.54) is 6.07 Å². The Morgan fingerprint density at radius 2 is 1.83 bits per heavy atom. The highest BCUT2D eigenvalue weighted by atomic mass is 35.5. The predicted molar refractivity (Wildman–Crippen MR) is 99.5 cm³/mol. The van der Waals surface area contributed by atoms with Gasteiger partial charge in [0.05, 0.1) is 31.0 Å². The van der Waals surface area contributed by atoms with Crippen LogP contribution >= 0.6 is 11.6 Å². The van der Waals surface area contributed by atoms with E-state index in [1.54, 1.807) is 29.2 Å². The Hall–Kier alpha value is -2.65. The van der Waals surface area contributed by atoms with E-state index < -0.39 is 11.9 Å². The molecule has 0 saturated carbocycles. The molecule has 3 heterocycles. The number of carbonyl (C=O) groups is 1. The van der Waals surface area contributed by atoms with E-state index in [4.69, 9.17) is 16.3 Å². The maximum atomic E-state index is 13.6. The number of halogens is 4. The zero-order valence-electron chi connectivity index (χ0n) is 15.1. The third-order valence-corrected chi connectivity index (χ3v) is 4.86. The molecule has 1 saturated heterocycles. The zero-order valence-corrected chi connectivity index (χ0v) is 15.9. The average Bonchev–Trinajstić information content (AvgIpc) is 3.09. The summed E-state index contributed by atoms with van der Waals surface area (Å²) < 4.78 is 46.9. The van der Waals surface area contributed by atoms with E-state index in [-0.39, 0.29) is 29.4 Å². The number of carbonyl (C=O) groups excluding carboxylic acids is 1. The van der Waals surface area contributed by atoms with Crippen molar-refractivity contribution in [3.8, 4) is 11.3 Å². The third kappa shape index (κ3) is 4.20. The summed E-state index contributed by atoms with van der Waals surface area (Å²) in [6, 6.07) is 8.71. The highest BCUT2D eigenvalue weighted by Crippen LogP contribution is 2.32. The van der Waals surface area contributed by atoms with E-state index in [0.29, 0.717) is 36.9 Å². The Labute approximate surface area is 168 Å². The maximum Gasteiger partial charge on any atom is 0.433 e. The quantitative estimate of drug-likeness (QED) is 0.646. The molecule has 1 aliphatic heterocycles. The lowest BCUT2D eigenvalue weighted by molar-refractivity contribution is -0.142. The highest BCUT2D eigenvalue weighted by molar-refractivity contribution is 6.30. The van der Waals surface area contributed by atoms with Gasteiger partial charge in [-0.3, -0.25) is 4.79 Å². The molecule has 29 heavy (non-hydrogen) atoms. The Balaban J connectivity index is 1.72. The smallest absolute Gasteiger partial charge is 0.378 e. The van der Waals surface area contributed by atoms with Crippen molar-refractivity contribution in [2.75, 3.05) is 26.3 Å². The van der Waals surface area contributed by atoms with Gasteiger partial charge in [0.2, 0.25) is 5.91 Å². The number of ether oxygens (including phenoxy) is 1. The van der Waals surface area contributed by atoms with E-state index >= 15 is 0 Å². The van der Waals surface area contributed by atoms with Crippen LogP contribution in [0.5, 0.6) is 0 Å². The van der Waals surface area contributed by atoms with Gasteiger partial charge in [0, 0.05) is 29.7 Å². The molecule has 6 nitrogen and oxygen atoms in total. The number of fused-ring (bicyclic) bond motifs is 1. The van der Waals surface area contributed by atoms with Crippen molar-refractivity contribution in [1.82, 2.24) is 19.5 Å². The maximum absolute atomic E-state index is 13.6. The number of nitrogens with zero attached hydrogens (tertiary/aromatic N) is 4. The van der Waals surface area contributed by atoms with Crippen LogP contribution in [-0.2, 0) is 22.1 Å². The average molecular weight is 425 g/mol. The summed E-state index contributed by atoms with van der Waals surface area (Å²) in [5.41, 5.74) is -0.0678. The second-order valence-electron chi connectivity index (χ2n) is 6.61. The summed E-state index contributed by atoms with van der Waals surface area (Å²) in [6.07, 6.45) is -4.74. The molecular formula is C19H16ClF3N4O2. The molecule has 1 fully saturated rings. The molecule has 0 bridgehead atoms. The molecule has 1 aromatic carbocycles. The molecule has 3 aromatic rings. The lowest BCUT2D eigenvalue weighted by Crippen LogP contribution is -2.41. The molecule has 0 unspecified atom stereocenters. The molecule has 10 heteroatoms. The molecule has 152 valence electrons. The summed E-state index contributed by atoms with van der Waals surface area (Å²) in [4.78, 5) is 18.3. The molecule has 2 aromatic heterocycles. The summed E-state index contributed by atoms with van der Waals surface area (Å²) in [5.74, 6) is -0.205. The molecule has 0 atom stereocenters. The minimum atomic E-state index is -4.64. The van der Waals surface area contributed by atoms with Crippen LogP contribution in [0.1, 0.15) is 11.4 Å². The van der Waals surface area contributed by atoms with Crippen LogP contribution in [0.3, 0.4) is 0 Å². The van der Waals surface area contributed by atoms with Crippen LogP contribution in [0.25, 0.3) is 16.9 Å². The van der Waals surface area contributed by atoms with Crippen molar-refractivity contribution in [2.24, 2.45) is 0 Å². The Morgan fingerprint density at radius 1 is 1.14 bits per heavy atom. The third-order valence-electron chi connectivity index (χ3n) is 4.60. The minimum absolute atomic E-state index is 0.0227. The molecule has 1 amide bonds. The van der Waals surface area contributed by atoms with Gasteiger partial charge in [-0.05, 0) is 18.2 Å². The van der Waals surface area contributed by atoms with E-state index in [1.807, 2.05) is 0 Å². The Kier molecular flexibility index (Phi) is 5.18. The summed E-state index contributed by atoms with van der Waals surface area (Å²) >= 11 is 5.86. The molecule has 0 spiro atoms. The SMILES string of the molecule is O=C(Cc1cc2nc(-c3ccc(Cl)cc3)cc(C(F)(F)F)n2n1)N1CCOCC1. The van der Waals surface area contributed by atoms with Crippen LogP contribution in [0.15, 0.2) is 36.4 Å². The van der Waals surface area contributed by atoms with Crippen molar-refractivity contribution in [3.05, 3.63) is 52.8 Å². The fourth-order valence-electron chi connectivity index (χ4n) is 3.16. The number of hydrogen-bond donors (Lipinski definition) is 0. The van der Waals surface area contributed by atoms with Gasteiger partial charge in [0.15, 0.2) is 11.3 Å². The lowest BCUT2D eigenvalue weighted by Gasteiger charge is -2.26. The fourth-order valence-corrected chi connectivity index (χ4v) is 3.28. The number of amides is 1. The largest absolute Gasteiger partial charge is 0.433 e. The van der Waals surface area contributed by atoms with Crippen molar-refractivity contribution >= 4 is 23.2 Å². The van der Waals surface area contributed by atoms with Gasteiger partial charge in [-0.1, -0.05) is 23.7 Å². The van der Waals surface area contributed by atoms with E-state index in [0.717, 1.165) is 10.6 Å². The summed E-state index contributed by atoms with van der Waals surface area (Å²) in [6.45, 7) is 1.81. The molecule has 4 rings (SSSR count). The van der Waals surface area contributed by atoms with Gasteiger partial charge in [0.1, 0.15) is 0 Å². The topological polar surface area (TPSA) is 59.7 Å². The number of alkyl halides is 3. The molecule has 0 aliphatic carbocycles. The Morgan fingerprint density at radius 3 is 2.48 bits per heavy atom. The number of rotatable bonds is 3. The fraction of sp³-hybridized carbons (Fsp3) is 0.316. The van der Waals surface area contributed by atoms with Crippen molar-refractivity contribution < 1.29 is 22.7 Å².